The summed E-state index contributed by atoms with van der Waals surface area (Å²) in [6, 6.07) is 2.48. The number of carbonyl (C=O) groups is 1. The number of hydrogen-bond donors (Lipinski definition) is 2. The Bertz CT molecular complexity index is 528. The summed E-state index contributed by atoms with van der Waals surface area (Å²) in [4.78, 5) is 16.0. The molecule has 1 rings (SSSR count). The highest BCUT2D eigenvalue weighted by molar-refractivity contribution is 7.89. The minimum absolute atomic E-state index is 0.0774. The summed E-state index contributed by atoms with van der Waals surface area (Å²) in [5.41, 5.74) is -0.335. The van der Waals surface area contributed by atoms with Gasteiger partial charge in [0.15, 0.2) is 0 Å². The molecule has 0 unspecified atom stereocenters. The van der Waals surface area contributed by atoms with Gasteiger partial charge in [0.2, 0.25) is 0 Å². The molecule has 2 N–H and O–H groups in total. The van der Waals surface area contributed by atoms with Crippen LogP contribution in [0.3, 0.4) is 0 Å². The van der Waals surface area contributed by atoms with E-state index in [1.54, 1.807) is 11.8 Å². The van der Waals surface area contributed by atoms with Crippen molar-refractivity contribution in [2.45, 2.75) is 11.8 Å². The van der Waals surface area contributed by atoms with Crippen molar-refractivity contribution >= 4 is 16.0 Å². The smallest absolute Gasteiger partial charge is 0.335 e. The molecule has 0 aromatic heterocycles. The number of nitrogens with one attached hydrogen (secondary N) is 1. The molecule has 0 spiro atoms. The Labute approximate surface area is 97.0 Å². The maximum atomic E-state index is 13.4. The van der Waals surface area contributed by atoms with Gasteiger partial charge in [-0.25, -0.2) is 17.6 Å². The van der Waals surface area contributed by atoms with Crippen molar-refractivity contribution in [3.63, 3.8) is 0 Å². The second-order valence-electron chi connectivity index (χ2n) is 2.97. The van der Waals surface area contributed by atoms with E-state index in [0.29, 0.717) is 6.07 Å². The topological polar surface area (TPSA) is 92.7 Å². The Hall–Kier alpha value is -1.51. The van der Waals surface area contributed by atoms with Crippen LogP contribution in [0.5, 0.6) is 0 Å². The number of carboxylic acids is 1. The lowest BCUT2D eigenvalue weighted by Gasteiger charge is -2.06. The van der Waals surface area contributed by atoms with Crippen LogP contribution in [0.1, 0.15) is 17.3 Å². The summed E-state index contributed by atoms with van der Waals surface area (Å²) in [6.07, 6.45) is 0. The van der Waals surface area contributed by atoms with Gasteiger partial charge in [0.1, 0.15) is 10.7 Å². The molecule has 0 aliphatic carbocycles. The summed E-state index contributed by atoms with van der Waals surface area (Å²) in [7, 11) is -4.14. The molecule has 0 heterocycles. The van der Waals surface area contributed by atoms with Gasteiger partial charge < -0.3 is 5.11 Å². The van der Waals surface area contributed by atoms with E-state index in [2.05, 4.69) is 4.84 Å². The van der Waals surface area contributed by atoms with E-state index in [1.807, 2.05) is 0 Å². The number of halogens is 1. The van der Waals surface area contributed by atoms with Crippen LogP contribution in [0.2, 0.25) is 0 Å². The largest absolute Gasteiger partial charge is 0.478 e. The molecule has 0 atom stereocenters. The predicted octanol–water partition coefficient (Wildman–Crippen LogP) is 0.754. The predicted molar refractivity (Wildman–Crippen MR) is 55.3 cm³/mol. The lowest BCUT2D eigenvalue weighted by molar-refractivity contribution is 0.0696. The fourth-order valence-corrected chi connectivity index (χ4v) is 1.96. The summed E-state index contributed by atoms with van der Waals surface area (Å²) in [5.74, 6) is -2.50. The molecule has 17 heavy (non-hydrogen) atoms. The van der Waals surface area contributed by atoms with Gasteiger partial charge in [-0.2, -0.15) is 0 Å². The Morgan fingerprint density at radius 2 is 2.18 bits per heavy atom. The van der Waals surface area contributed by atoms with E-state index in [4.69, 9.17) is 5.11 Å². The van der Waals surface area contributed by atoms with Gasteiger partial charge in [-0.1, -0.05) is 4.89 Å². The number of aromatic carboxylic acids is 1. The third kappa shape index (κ3) is 3.22. The van der Waals surface area contributed by atoms with Crippen molar-refractivity contribution in [2.24, 2.45) is 0 Å². The number of carboxylic acid groups (broad SMARTS) is 1. The highest BCUT2D eigenvalue weighted by atomic mass is 32.2. The van der Waals surface area contributed by atoms with Gasteiger partial charge in [-0.05, 0) is 25.1 Å². The van der Waals surface area contributed by atoms with E-state index in [1.165, 1.54) is 0 Å². The fraction of sp³-hybridized carbons (Fsp3) is 0.222. The molecule has 0 fully saturated rings. The average Bonchev–Trinajstić information content (AvgIpc) is 2.25. The lowest BCUT2D eigenvalue weighted by atomic mass is 10.2. The average molecular weight is 263 g/mol. The highest BCUT2D eigenvalue weighted by Crippen LogP contribution is 2.15. The molecular formula is C9H10FNO5S. The molecule has 6 nitrogen and oxygen atoms in total. The minimum Gasteiger partial charge on any atom is -0.478 e. The molecule has 0 radical (unpaired) electrons. The number of sulfonamides is 1. The maximum absolute atomic E-state index is 13.4. The van der Waals surface area contributed by atoms with Crippen LogP contribution in [-0.4, -0.2) is 26.1 Å². The van der Waals surface area contributed by atoms with Crippen LogP contribution in [0, 0.1) is 5.82 Å². The fourth-order valence-electron chi connectivity index (χ4n) is 1.03. The van der Waals surface area contributed by atoms with Crippen LogP contribution in [-0.2, 0) is 14.9 Å². The summed E-state index contributed by atoms with van der Waals surface area (Å²) in [6.45, 7) is 1.63. The van der Waals surface area contributed by atoms with Crippen molar-refractivity contribution in [3.8, 4) is 0 Å². The number of rotatable bonds is 5. The van der Waals surface area contributed by atoms with Crippen LogP contribution >= 0.6 is 0 Å². The van der Waals surface area contributed by atoms with E-state index in [0.717, 1.165) is 12.1 Å². The van der Waals surface area contributed by atoms with Gasteiger partial charge in [0.25, 0.3) is 10.0 Å². The monoisotopic (exact) mass is 263 g/mol. The standard InChI is InChI=1S/C9H10FNO5S/c1-2-16-11-17(14,15)8-4-3-6(9(12)13)5-7(8)10/h3-5,11H,2H2,1H3,(H,12,13). The van der Waals surface area contributed by atoms with Crippen molar-refractivity contribution in [1.82, 2.24) is 4.89 Å². The number of hydrogen-bond acceptors (Lipinski definition) is 4. The second-order valence-corrected chi connectivity index (χ2v) is 4.58. The molecular weight excluding hydrogens is 253 g/mol. The SMILES string of the molecule is CCONS(=O)(=O)c1ccc(C(=O)O)cc1F. The highest BCUT2D eigenvalue weighted by Gasteiger charge is 2.20. The molecule has 0 aliphatic rings. The van der Waals surface area contributed by atoms with Gasteiger partial charge in [0.05, 0.1) is 12.2 Å². The molecule has 0 bridgehead atoms. The first kappa shape index (κ1) is 13.6. The van der Waals surface area contributed by atoms with Gasteiger partial charge in [-0.15, -0.1) is 0 Å². The molecule has 1 aromatic rings. The van der Waals surface area contributed by atoms with Gasteiger partial charge in [-0.3, -0.25) is 4.84 Å². The maximum Gasteiger partial charge on any atom is 0.335 e. The molecule has 94 valence electrons. The first-order valence-corrected chi connectivity index (χ1v) is 6.03. The molecule has 0 saturated heterocycles. The molecule has 8 heteroatoms. The third-order valence-electron chi connectivity index (χ3n) is 1.78. The third-order valence-corrected chi connectivity index (χ3v) is 3.03. The van der Waals surface area contributed by atoms with E-state index < -0.39 is 26.7 Å². The Kier molecular flexibility index (Phi) is 4.16. The molecule has 0 saturated carbocycles. The quantitative estimate of drug-likeness (QED) is 0.765. The molecule has 0 aliphatic heterocycles. The van der Waals surface area contributed by atoms with Crippen molar-refractivity contribution in [3.05, 3.63) is 29.6 Å². The number of benzene rings is 1. The van der Waals surface area contributed by atoms with Gasteiger partial charge >= 0.3 is 5.97 Å². The second kappa shape index (κ2) is 5.21. The zero-order valence-corrected chi connectivity index (χ0v) is 9.62. The van der Waals surface area contributed by atoms with E-state index in [9.17, 15) is 17.6 Å². The zero-order valence-electron chi connectivity index (χ0n) is 8.81. The molecule has 0 amide bonds. The Morgan fingerprint density at radius 1 is 1.53 bits per heavy atom. The first-order valence-electron chi connectivity index (χ1n) is 4.55. The lowest BCUT2D eigenvalue weighted by Crippen LogP contribution is -2.25. The van der Waals surface area contributed by atoms with Crippen molar-refractivity contribution in [2.75, 3.05) is 6.61 Å². The minimum atomic E-state index is -4.14. The van der Waals surface area contributed by atoms with E-state index in [-0.39, 0.29) is 12.2 Å². The summed E-state index contributed by atoms with van der Waals surface area (Å²) < 4.78 is 36.3. The van der Waals surface area contributed by atoms with Crippen LogP contribution in [0.15, 0.2) is 23.1 Å². The van der Waals surface area contributed by atoms with Crippen LogP contribution in [0.4, 0.5) is 4.39 Å². The van der Waals surface area contributed by atoms with Crippen LogP contribution < -0.4 is 4.89 Å². The Morgan fingerprint density at radius 3 is 2.65 bits per heavy atom. The first-order chi connectivity index (χ1) is 7.88. The van der Waals surface area contributed by atoms with Crippen molar-refractivity contribution in [1.29, 1.82) is 0 Å². The molecule has 1 aromatic carbocycles. The summed E-state index contributed by atoms with van der Waals surface area (Å²) >= 11 is 0. The van der Waals surface area contributed by atoms with Crippen molar-refractivity contribution < 1.29 is 27.5 Å². The van der Waals surface area contributed by atoms with Gasteiger partial charge in [0, 0.05) is 0 Å². The normalized spacial score (nSPS) is 11.4. The summed E-state index contributed by atoms with van der Waals surface area (Å²) in [5, 5.41) is 8.59. The zero-order chi connectivity index (χ0) is 13.1. The van der Waals surface area contributed by atoms with E-state index >= 15 is 0 Å². The van der Waals surface area contributed by atoms with Crippen LogP contribution in [0.25, 0.3) is 0 Å². The Balaban J connectivity index is 3.12.